The Balaban J connectivity index is 1.69. The number of H-pyrrole nitrogens is 1. The van der Waals surface area contributed by atoms with Gasteiger partial charge in [0.25, 0.3) is 0 Å². The highest BCUT2D eigenvalue weighted by molar-refractivity contribution is 5.90. The smallest absolute Gasteiger partial charge is 0.228 e. The van der Waals surface area contributed by atoms with E-state index in [1.807, 2.05) is 55.7 Å². The number of rotatable bonds is 2. The zero-order chi connectivity index (χ0) is 18.9. The molecule has 0 radical (unpaired) electrons. The van der Waals surface area contributed by atoms with Gasteiger partial charge in [-0.2, -0.15) is 0 Å². The van der Waals surface area contributed by atoms with Crippen molar-refractivity contribution in [2.45, 2.75) is 40.5 Å². The molecule has 1 aromatic heterocycles. The zero-order valence-electron chi connectivity index (χ0n) is 16.3. The molecular formula is C21H29N3O2. The van der Waals surface area contributed by atoms with Crippen LogP contribution in [-0.2, 0) is 16.0 Å². The predicted octanol–water partition coefficient (Wildman–Crippen LogP) is 3.13. The van der Waals surface area contributed by atoms with Gasteiger partial charge in [-0.1, -0.05) is 39.0 Å². The number of benzene rings is 1. The number of fused-ring (bicyclic) bond motifs is 1. The first-order valence-electron chi connectivity index (χ1n) is 9.40. The molecule has 2 amide bonds. The molecule has 0 spiro atoms. The number of aromatic amines is 1. The Bertz CT molecular complexity index is 816. The van der Waals surface area contributed by atoms with Crippen LogP contribution in [0.25, 0.3) is 10.9 Å². The fourth-order valence-corrected chi connectivity index (χ4v) is 3.67. The topological polar surface area (TPSA) is 56.4 Å². The highest BCUT2D eigenvalue weighted by Gasteiger charge is 2.29. The van der Waals surface area contributed by atoms with Crippen molar-refractivity contribution in [1.82, 2.24) is 14.8 Å². The number of carbonyl (C=O) groups is 2. The van der Waals surface area contributed by atoms with Gasteiger partial charge in [0.1, 0.15) is 0 Å². The van der Waals surface area contributed by atoms with E-state index in [0.717, 1.165) is 35.1 Å². The number of para-hydroxylation sites is 1. The van der Waals surface area contributed by atoms with Gasteiger partial charge in [0, 0.05) is 48.2 Å². The standard InChI is InChI=1S/C21H29N3O2/c1-15-17(16-8-5-6-9-18(16)22-15)14-19(25)23-10-7-11-24(13-12-23)20(26)21(2,3)4/h5-6,8-9,22H,7,10-14H2,1-4H3. The first-order chi connectivity index (χ1) is 12.3. The minimum absolute atomic E-state index is 0.142. The molecule has 26 heavy (non-hydrogen) atoms. The Morgan fingerprint density at radius 1 is 1.04 bits per heavy atom. The third-order valence-electron chi connectivity index (χ3n) is 5.13. The average Bonchev–Trinajstić information content (AvgIpc) is 2.76. The minimum atomic E-state index is -0.375. The van der Waals surface area contributed by atoms with Gasteiger partial charge in [0.2, 0.25) is 11.8 Å². The van der Waals surface area contributed by atoms with Gasteiger partial charge in [-0.3, -0.25) is 9.59 Å². The van der Waals surface area contributed by atoms with Gasteiger partial charge in [-0.25, -0.2) is 0 Å². The molecule has 1 aliphatic rings. The maximum atomic E-state index is 12.9. The summed E-state index contributed by atoms with van der Waals surface area (Å²) in [5.41, 5.74) is 2.84. The number of aromatic nitrogens is 1. The van der Waals surface area contributed by atoms with Crippen LogP contribution in [0.5, 0.6) is 0 Å². The fourth-order valence-electron chi connectivity index (χ4n) is 3.67. The lowest BCUT2D eigenvalue weighted by Crippen LogP contribution is -2.42. The van der Waals surface area contributed by atoms with Gasteiger partial charge in [-0.15, -0.1) is 0 Å². The van der Waals surface area contributed by atoms with Crippen molar-refractivity contribution in [1.29, 1.82) is 0 Å². The molecule has 0 atom stereocenters. The summed E-state index contributed by atoms with van der Waals surface area (Å²) in [6, 6.07) is 8.11. The van der Waals surface area contributed by atoms with E-state index in [1.165, 1.54) is 0 Å². The van der Waals surface area contributed by atoms with E-state index in [0.29, 0.717) is 26.1 Å². The molecule has 1 saturated heterocycles. The molecule has 3 rings (SSSR count). The molecule has 140 valence electrons. The molecule has 1 aromatic carbocycles. The van der Waals surface area contributed by atoms with Crippen LogP contribution in [0, 0.1) is 12.3 Å². The van der Waals surface area contributed by atoms with Crippen molar-refractivity contribution < 1.29 is 9.59 Å². The second kappa shape index (κ2) is 7.14. The third-order valence-corrected chi connectivity index (χ3v) is 5.13. The first kappa shape index (κ1) is 18.5. The molecule has 5 heteroatoms. The number of amides is 2. The van der Waals surface area contributed by atoms with Crippen LogP contribution in [0.2, 0.25) is 0 Å². The normalized spacial score (nSPS) is 16.0. The van der Waals surface area contributed by atoms with E-state index in [9.17, 15) is 9.59 Å². The van der Waals surface area contributed by atoms with Crippen LogP contribution in [0.15, 0.2) is 24.3 Å². The Hall–Kier alpha value is -2.30. The largest absolute Gasteiger partial charge is 0.358 e. The molecule has 2 heterocycles. The highest BCUT2D eigenvalue weighted by Crippen LogP contribution is 2.23. The van der Waals surface area contributed by atoms with Gasteiger partial charge in [0.15, 0.2) is 0 Å². The van der Waals surface area contributed by atoms with Crippen LogP contribution < -0.4 is 0 Å². The lowest BCUT2D eigenvalue weighted by Gasteiger charge is -2.28. The van der Waals surface area contributed by atoms with E-state index >= 15 is 0 Å². The molecule has 0 unspecified atom stereocenters. The number of hydrogen-bond donors (Lipinski definition) is 1. The summed E-state index contributed by atoms with van der Waals surface area (Å²) < 4.78 is 0. The van der Waals surface area contributed by atoms with Crippen LogP contribution in [0.4, 0.5) is 0 Å². The number of nitrogens with zero attached hydrogens (tertiary/aromatic N) is 2. The molecule has 2 aromatic rings. The summed E-state index contributed by atoms with van der Waals surface area (Å²) in [7, 11) is 0. The molecular weight excluding hydrogens is 326 g/mol. The minimum Gasteiger partial charge on any atom is -0.358 e. The average molecular weight is 355 g/mol. The summed E-state index contributed by atoms with van der Waals surface area (Å²) in [5, 5.41) is 1.12. The molecule has 0 bridgehead atoms. The van der Waals surface area contributed by atoms with Crippen molar-refractivity contribution in [3.63, 3.8) is 0 Å². The lowest BCUT2D eigenvalue weighted by molar-refractivity contribution is -0.139. The molecule has 1 fully saturated rings. The number of nitrogens with one attached hydrogen (secondary N) is 1. The van der Waals surface area contributed by atoms with Gasteiger partial charge in [0.05, 0.1) is 6.42 Å². The van der Waals surface area contributed by atoms with Crippen LogP contribution in [0.1, 0.15) is 38.4 Å². The Morgan fingerprint density at radius 2 is 1.69 bits per heavy atom. The van der Waals surface area contributed by atoms with Crippen LogP contribution in [0.3, 0.4) is 0 Å². The SMILES string of the molecule is Cc1[nH]c2ccccc2c1CC(=O)N1CCCN(C(=O)C(C)(C)C)CC1. The van der Waals surface area contributed by atoms with Crippen LogP contribution >= 0.6 is 0 Å². The molecule has 0 aliphatic carbocycles. The molecule has 5 nitrogen and oxygen atoms in total. The number of carbonyl (C=O) groups excluding carboxylic acids is 2. The van der Waals surface area contributed by atoms with Crippen molar-refractivity contribution in [2.24, 2.45) is 5.41 Å². The monoisotopic (exact) mass is 355 g/mol. The predicted molar refractivity (Wildman–Crippen MR) is 104 cm³/mol. The zero-order valence-corrected chi connectivity index (χ0v) is 16.3. The van der Waals surface area contributed by atoms with E-state index in [2.05, 4.69) is 11.1 Å². The van der Waals surface area contributed by atoms with Crippen molar-refractivity contribution in [3.05, 3.63) is 35.5 Å². The molecule has 1 aliphatic heterocycles. The number of hydrogen-bond acceptors (Lipinski definition) is 2. The quantitative estimate of drug-likeness (QED) is 0.900. The van der Waals surface area contributed by atoms with Crippen LogP contribution in [-0.4, -0.2) is 52.8 Å². The maximum Gasteiger partial charge on any atom is 0.228 e. The van der Waals surface area contributed by atoms with E-state index in [1.54, 1.807) is 0 Å². The Kier molecular flexibility index (Phi) is 5.08. The van der Waals surface area contributed by atoms with E-state index in [4.69, 9.17) is 0 Å². The summed E-state index contributed by atoms with van der Waals surface area (Å²) in [6.07, 6.45) is 1.24. The maximum absolute atomic E-state index is 12.9. The Morgan fingerprint density at radius 3 is 2.42 bits per heavy atom. The van der Waals surface area contributed by atoms with Crippen molar-refractivity contribution >= 4 is 22.7 Å². The summed E-state index contributed by atoms with van der Waals surface area (Å²) in [6.45, 7) is 10.5. The van der Waals surface area contributed by atoms with Crippen molar-refractivity contribution in [3.8, 4) is 0 Å². The molecule has 1 N–H and O–H groups in total. The van der Waals surface area contributed by atoms with E-state index in [-0.39, 0.29) is 17.2 Å². The van der Waals surface area contributed by atoms with E-state index < -0.39 is 0 Å². The molecule has 0 saturated carbocycles. The summed E-state index contributed by atoms with van der Waals surface area (Å²) in [4.78, 5) is 32.6. The second-order valence-electron chi connectivity index (χ2n) is 8.23. The van der Waals surface area contributed by atoms with Gasteiger partial charge >= 0.3 is 0 Å². The summed E-state index contributed by atoms with van der Waals surface area (Å²) >= 11 is 0. The fraction of sp³-hybridized carbons (Fsp3) is 0.524. The second-order valence-corrected chi connectivity index (χ2v) is 8.23. The van der Waals surface area contributed by atoms with Crippen molar-refractivity contribution in [2.75, 3.05) is 26.2 Å². The van der Waals surface area contributed by atoms with Gasteiger partial charge in [-0.05, 0) is 25.0 Å². The summed E-state index contributed by atoms with van der Waals surface area (Å²) in [5.74, 6) is 0.308. The Labute approximate surface area is 155 Å². The highest BCUT2D eigenvalue weighted by atomic mass is 16.2. The third kappa shape index (κ3) is 3.76. The number of aryl methyl sites for hydroxylation is 1. The van der Waals surface area contributed by atoms with Gasteiger partial charge < -0.3 is 14.8 Å². The first-order valence-corrected chi connectivity index (χ1v) is 9.40. The lowest BCUT2D eigenvalue weighted by atomic mass is 9.94.